The second-order valence-electron chi connectivity index (χ2n) is 6.19. The van der Waals surface area contributed by atoms with Gasteiger partial charge in [0.1, 0.15) is 5.60 Å². The third-order valence-electron chi connectivity index (χ3n) is 3.26. The average molecular weight is 368 g/mol. The number of likely N-dealkylation sites (tertiary alicyclic amines) is 1. The van der Waals surface area contributed by atoms with Gasteiger partial charge in [0.05, 0.1) is 5.92 Å². The first-order valence-electron chi connectivity index (χ1n) is 7.04. The molecule has 6 heteroatoms. The molecule has 1 atom stereocenters. The van der Waals surface area contributed by atoms with Crippen LogP contribution >= 0.6 is 15.9 Å². The first-order valence-corrected chi connectivity index (χ1v) is 7.83. The van der Waals surface area contributed by atoms with Crippen molar-refractivity contribution in [3.8, 4) is 0 Å². The Labute approximate surface area is 137 Å². The van der Waals surface area contributed by atoms with Crippen molar-refractivity contribution in [1.82, 2.24) is 4.90 Å². The van der Waals surface area contributed by atoms with Crippen LogP contribution in [0.25, 0.3) is 0 Å². The highest BCUT2D eigenvalue weighted by Gasteiger charge is 2.41. The number of carbonyl (C=O) groups excluding carboxylic acids is 3. The fourth-order valence-corrected chi connectivity index (χ4v) is 2.55. The third-order valence-corrected chi connectivity index (χ3v) is 3.79. The van der Waals surface area contributed by atoms with Crippen LogP contribution < -0.4 is 0 Å². The standard InChI is InChI=1S/C16H18BrNO4/c1-16(2,3)22-15(21)18-13(19)9-8-12(14(18)20)10-4-6-11(17)7-5-10/h4-7,12H,8-9H2,1-3H3. The highest BCUT2D eigenvalue weighted by atomic mass is 79.9. The van der Waals surface area contributed by atoms with Crippen LogP contribution in [0, 0.1) is 0 Å². The maximum absolute atomic E-state index is 12.5. The van der Waals surface area contributed by atoms with Crippen molar-refractivity contribution in [3.05, 3.63) is 34.3 Å². The molecular formula is C16H18BrNO4. The molecule has 0 N–H and O–H groups in total. The molecule has 5 nitrogen and oxygen atoms in total. The van der Waals surface area contributed by atoms with Gasteiger partial charge in [0.15, 0.2) is 0 Å². The fraction of sp³-hybridized carbons (Fsp3) is 0.438. The smallest absolute Gasteiger partial charge is 0.424 e. The minimum absolute atomic E-state index is 0.145. The van der Waals surface area contributed by atoms with E-state index in [1.54, 1.807) is 20.8 Å². The molecule has 0 bridgehead atoms. The summed E-state index contributed by atoms with van der Waals surface area (Å²) in [6.07, 6.45) is -0.353. The summed E-state index contributed by atoms with van der Waals surface area (Å²) in [7, 11) is 0. The molecule has 0 aromatic heterocycles. The molecule has 1 aliphatic heterocycles. The minimum atomic E-state index is -0.899. The van der Waals surface area contributed by atoms with Crippen molar-refractivity contribution < 1.29 is 19.1 Å². The lowest BCUT2D eigenvalue weighted by molar-refractivity contribution is -0.147. The minimum Gasteiger partial charge on any atom is -0.443 e. The second-order valence-corrected chi connectivity index (χ2v) is 7.11. The predicted octanol–water partition coefficient (Wildman–Crippen LogP) is 3.62. The first-order chi connectivity index (χ1) is 10.2. The SMILES string of the molecule is CC(C)(C)OC(=O)N1C(=O)CCC(c2ccc(Br)cc2)C1=O. The summed E-state index contributed by atoms with van der Waals surface area (Å²) in [5.41, 5.74) is 0.0246. The van der Waals surface area contributed by atoms with Gasteiger partial charge >= 0.3 is 6.09 Å². The zero-order valence-electron chi connectivity index (χ0n) is 12.8. The first kappa shape index (κ1) is 16.7. The van der Waals surface area contributed by atoms with E-state index in [9.17, 15) is 14.4 Å². The number of hydrogen-bond acceptors (Lipinski definition) is 4. The summed E-state index contributed by atoms with van der Waals surface area (Å²) < 4.78 is 6.06. The van der Waals surface area contributed by atoms with E-state index in [-0.39, 0.29) is 6.42 Å². The van der Waals surface area contributed by atoms with E-state index in [1.165, 1.54) is 0 Å². The molecule has 1 fully saturated rings. The third kappa shape index (κ3) is 3.74. The van der Waals surface area contributed by atoms with Gasteiger partial charge in [0.2, 0.25) is 11.8 Å². The van der Waals surface area contributed by atoms with Gasteiger partial charge in [-0.05, 0) is 44.9 Å². The van der Waals surface area contributed by atoms with Crippen molar-refractivity contribution in [2.45, 2.75) is 45.1 Å². The maximum Gasteiger partial charge on any atom is 0.424 e. The van der Waals surface area contributed by atoms with Gasteiger partial charge in [0, 0.05) is 10.9 Å². The topological polar surface area (TPSA) is 63.7 Å². The number of piperidine rings is 1. The van der Waals surface area contributed by atoms with E-state index in [0.717, 1.165) is 10.0 Å². The highest BCUT2D eigenvalue weighted by molar-refractivity contribution is 9.10. The number of hydrogen-bond donors (Lipinski definition) is 0. The van der Waals surface area contributed by atoms with Gasteiger partial charge in [0.25, 0.3) is 0 Å². The molecule has 0 spiro atoms. The number of carbonyl (C=O) groups is 3. The number of amides is 3. The zero-order chi connectivity index (χ0) is 16.5. The van der Waals surface area contributed by atoms with Crippen LogP contribution in [-0.4, -0.2) is 28.4 Å². The largest absolute Gasteiger partial charge is 0.443 e. The molecule has 1 aromatic carbocycles. The molecule has 0 radical (unpaired) electrons. The monoisotopic (exact) mass is 367 g/mol. The van der Waals surface area contributed by atoms with Gasteiger partial charge < -0.3 is 4.74 Å². The summed E-state index contributed by atoms with van der Waals surface area (Å²) in [5, 5.41) is 0. The molecule has 0 saturated carbocycles. The van der Waals surface area contributed by atoms with E-state index in [2.05, 4.69) is 15.9 Å². The Balaban J connectivity index is 2.23. The van der Waals surface area contributed by atoms with Crippen molar-refractivity contribution in [2.75, 3.05) is 0 Å². The highest BCUT2D eigenvalue weighted by Crippen LogP contribution is 2.30. The average Bonchev–Trinajstić information content (AvgIpc) is 2.38. The lowest BCUT2D eigenvalue weighted by Crippen LogP contribution is -2.49. The Morgan fingerprint density at radius 2 is 1.82 bits per heavy atom. The summed E-state index contributed by atoms with van der Waals surface area (Å²) >= 11 is 3.34. The van der Waals surface area contributed by atoms with Gasteiger partial charge in [-0.3, -0.25) is 9.59 Å². The van der Waals surface area contributed by atoms with E-state index in [1.807, 2.05) is 24.3 Å². The molecule has 1 heterocycles. The number of rotatable bonds is 1. The maximum atomic E-state index is 12.5. The molecule has 2 rings (SSSR count). The van der Waals surface area contributed by atoms with Crippen LogP contribution in [0.15, 0.2) is 28.7 Å². The Hall–Kier alpha value is -1.69. The Morgan fingerprint density at radius 3 is 2.36 bits per heavy atom. The van der Waals surface area contributed by atoms with Crippen LogP contribution in [0.3, 0.4) is 0 Å². The predicted molar refractivity (Wildman–Crippen MR) is 84.2 cm³/mol. The Bertz CT molecular complexity index is 604. The molecule has 1 saturated heterocycles. The molecular weight excluding hydrogens is 350 g/mol. The van der Waals surface area contributed by atoms with E-state index in [0.29, 0.717) is 11.3 Å². The summed E-state index contributed by atoms with van der Waals surface area (Å²) in [6, 6.07) is 7.29. The van der Waals surface area contributed by atoms with Crippen LogP contribution in [-0.2, 0) is 14.3 Å². The van der Waals surface area contributed by atoms with E-state index >= 15 is 0 Å². The summed E-state index contributed by atoms with van der Waals surface area (Å²) in [6.45, 7) is 5.07. The van der Waals surface area contributed by atoms with Crippen molar-refractivity contribution in [1.29, 1.82) is 0 Å². The normalized spacial score (nSPS) is 19.3. The Morgan fingerprint density at radius 1 is 1.23 bits per heavy atom. The molecule has 3 amide bonds. The van der Waals surface area contributed by atoms with Crippen LogP contribution in [0.4, 0.5) is 4.79 Å². The number of benzene rings is 1. The fourth-order valence-electron chi connectivity index (χ4n) is 2.29. The van der Waals surface area contributed by atoms with Crippen LogP contribution in [0.5, 0.6) is 0 Å². The van der Waals surface area contributed by atoms with E-state index in [4.69, 9.17) is 4.74 Å². The summed E-state index contributed by atoms with van der Waals surface area (Å²) in [4.78, 5) is 37.3. The van der Waals surface area contributed by atoms with E-state index < -0.39 is 29.4 Å². The molecule has 0 aliphatic carbocycles. The lowest BCUT2D eigenvalue weighted by atomic mass is 9.89. The zero-order valence-corrected chi connectivity index (χ0v) is 14.3. The molecule has 1 aromatic rings. The van der Waals surface area contributed by atoms with Gasteiger partial charge in [-0.2, -0.15) is 4.90 Å². The van der Waals surface area contributed by atoms with Crippen LogP contribution in [0.2, 0.25) is 0 Å². The molecule has 118 valence electrons. The van der Waals surface area contributed by atoms with Crippen molar-refractivity contribution >= 4 is 33.8 Å². The quantitative estimate of drug-likeness (QED) is 0.711. The summed E-state index contributed by atoms with van der Waals surface area (Å²) in [5.74, 6) is -1.53. The van der Waals surface area contributed by atoms with Gasteiger partial charge in [-0.15, -0.1) is 0 Å². The lowest BCUT2D eigenvalue weighted by Gasteiger charge is -2.31. The number of imide groups is 3. The second kappa shape index (κ2) is 6.20. The molecule has 1 aliphatic rings. The number of halogens is 1. The van der Waals surface area contributed by atoms with Crippen molar-refractivity contribution in [3.63, 3.8) is 0 Å². The van der Waals surface area contributed by atoms with Gasteiger partial charge in [-0.1, -0.05) is 28.1 Å². The van der Waals surface area contributed by atoms with Crippen LogP contribution in [0.1, 0.15) is 45.1 Å². The molecule has 1 unspecified atom stereocenters. The Kier molecular flexibility index (Phi) is 4.70. The van der Waals surface area contributed by atoms with Crippen molar-refractivity contribution in [2.24, 2.45) is 0 Å². The number of ether oxygens (including phenoxy) is 1. The number of nitrogens with zero attached hydrogens (tertiary/aromatic N) is 1. The van der Waals surface area contributed by atoms with Gasteiger partial charge in [-0.25, -0.2) is 4.79 Å². The molecule has 22 heavy (non-hydrogen) atoms.